The molecule has 5 nitrogen and oxygen atoms in total. The summed E-state index contributed by atoms with van der Waals surface area (Å²) in [6.07, 6.45) is 4.44. The van der Waals surface area contributed by atoms with Crippen LogP contribution in [0, 0.1) is 0 Å². The van der Waals surface area contributed by atoms with Gasteiger partial charge in [0.25, 0.3) is 0 Å². The molecule has 0 atom stereocenters. The van der Waals surface area contributed by atoms with Gasteiger partial charge < -0.3 is 4.42 Å². The number of rotatable bonds is 4. The van der Waals surface area contributed by atoms with Gasteiger partial charge in [0.2, 0.25) is 5.88 Å². The summed E-state index contributed by atoms with van der Waals surface area (Å²) < 4.78 is 6.04. The Hall–Kier alpha value is -4.25. The minimum atomic E-state index is -0.330. The molecule has 0 unspecified atom stereocenters. The van der Waals surface area contributed by atoms with Gasteiger partial charge in [-0.1, -0.05) is 36.4 Å². The third-order valence-corrected chi connectivity index (χ3v) is 4.95. The Balaban J connectivity index is 1.54. The summed E-state index contributed by atoms with van der Waals surface area (Å²) in [5.74, 6) is 0.373. The summed E-state index contributed by atoms with van der Waals surface area (Å²) in [6.45, 7) is 0. The predicted octanol–water partition coefficient (Wildman–Crippen LogP) is 5.61. The van der Waals surface area contributed by atoms with Crippen molar-refractivity contribution in [3.8, 4) is 0 Å². The third kappa shape index (κ3) is 3.02. The maximum Gasteiger partial charge on any atom is 0.205 e. The first kappa shape index (κ1) is 17.8. The van der Waals surface area contributed by atoms with E-state index in [1.165, 1.54) is 18.5 Å². The molecule has 30 heavy (non-hydrogen) atoms. The molecule has 0 radical (unpaired) electrons. The SMILES string of the molecule is O=C1/C(=C/c2ccc(N(c3ccccc3)c3ccccc3)o2)C(=O)c2cnccc21. The molecule has 5 heteroatoms. The second kappa shape index (κ2) is 7.29. The van der Waals surface area contributed by atoms with Crippen molar-refractivity contribution < 1.29 is 14.0 Å². The quantitative estimate of drug-likeness (QED) is 0.334. The van der Waals surface area contributed by atoms with E-state index >= 15 is 0 Å². The Kier molecular flexibility index (Phi) is 4.33. The van der Waals surface area contributed by atoms with Crippen molar-refractivity contribution >= 4 is 34.9 Å². The lowest BCUT2D eigenvalue weighted by Gasteiger charge is -2.22. The van der Waals surface area contributed by atoms with Crippen molar-refractivity contribution in [3.05, 3.63) is 114 Å². The topological polar surface area (TPSA) is 63.4 Å². The van der Waals surface area contributed by atoms with Crippen LogP contribution in [0.15, 0.2) is 101 Å². The first-order valence-electron chi connectivity index (χ1n) is 9.47. The highest BCUT2D eigenvalue weighted by Gasteiger charge is 2.33. The lowest BCUT2D eigenvalue weighted by atomic mass is 10.1. The number of hydrogen-bond acceptors (Lipinski definition) is 5. The summed E-state index contributed by atoms with van der Waals surface area (Å²) in [5.41, 5.74) is 2.66. The van der Waals surface area contributed by atoms with Gasteiger partial charge in [0.15, 0.2) is 11.6 Å². The van der Waals surface area contributed by atoms with Gasteiger partial charge in [-0.15, -0.1) is 0 Å². The van der Waals surface area contributed by atoms with Gasteiger partial charge in [-0.05, 0) is 42.5 Å². The Morgan fingerprint density at radius 1 is 0.733 bits per heavy atom. The molecule has 1 aliphatic rings. The fraction of sp³-hybridized carbons (Fsp3) is 0. The molecule has 144 valence electrons. The van der Waals surface area contributed by atoms with Crippen LogP contribution in [-0.2, 0) is 0 Å². The van der Waals surface area contributed by atoms with E-state index in [0.29, 0.717) is 22.8 Å². The molecule has 2 aromatic carbocycles. The maximum atomic E-state index is 12.6. The fourth-order valence-corrected chi connectivity index (χ4v) is 3.54. The molecule has 0 bridgehead atoms. The molecule has 2 heterocycles. The third-order valence-electron chi connectivity index (χ3n) is 4.95. The molecule has 0 saturated carbocycles. The summed E-state index contributed by atoms with van der Waals surface area (Å²) in [4.78, 5) is 31.2. The number of ketones is 2. The van der Waals surface area contributed by atoms with E-state index < -0.39 is 0 Å². The number of carbonyl (C=O) groups is 2. The maximum absolute atomic E-state index is 12.6. The van der Waals surface area contributed by atoms with E-state index in [4.69, 9.17) is 4.42 Å². The second-order valence-electron chi connectivity index (χ2n) is 6.82. The van der Waals surface area contributed by atoms with Crippen LogP contribution in [0.5, 0.6) is 0 Å². The number of para-hydroxylation sites is 2. The number of nitrogens with zero attached hydrogens (tertiary/aromatic N) is 2. The number of fused-ring (bicyclic) bond motifs is 1. The van der Waals surface area contributed by atoms with E-state index in [9.17, 15) is 9.59 Å². The van der Waals surface area contributed by atoms with Crippen LogP contribution in [0.25, 0.3) is 6.08 Å². The van der Waals surface area contributed by atoms with Gasteiger partial charge in [0.1, 0.15) is 5.76 Å². The zero-order chi connectivity index (χ0) is 20.5. The van der Waals surface area contributed by atoms with Crippen LogP contribution in [0.1, 0.15) is 26.5 Å². The number of furan rings is 1. The minimum absolute atomic E-state index is 0.0878. The number of anilines is 3. The van der Waals surface area contributed by atoms with E-state index in [0.717, 1.165) is 11.4 Å². The smallest absolute Gasteiger partial charge is 0.205 e. The van der Waals surface area contributed by atoms with Crippen molar-refractivity contribution in [2.24, 2.45) is 0 Å². The van der Waals surface area contributed by atoms with Gasteiger partial charge in [-0.2, -0.15) is 0 Å². The predicted molar refractivity (Wildman–Crippen MR) is 114 cm³/mol. The van der Waals surface area contributed by atoms with Crippen molar-refractivity contribution in [1.29, 1.82) is 0 Å². The number of Topliss-reactive ketones (excluding diaryl/α,β-unsaturated/α-hetero) is 2. The summed E-state index contributed by atoms with van der Waals surface area (Å²) >= 11 is 0. The molecule has 5 rings (SSSR count). The first-order chi connectivity index (χ1) is 14.7. The Bertz CT molecular complexity index is 1200. The highest BCUT2D eigenvalue weighted by atomic mass is 16.4. The highest BCUT2D eigenvalue weighted by Crippen LogP contribution is 2.36. The van der Waals surface area contributed by atoms with Crippen LogP contribution in [-0.4, -0.2) is 16.6 Å². The Morgan fingerprint density at radius 3 is 2.00 bits per heavy atom. The zero-order valence-corrected chi connectivity index (χ0v) is 15.9. The molecule has 4 aromatic rings. The zero-order valence-electron chi connectivity index (χ0n) is 15.9. The number of pyridine rings is 1. The minimum Gasteiger partial charge on any atom is -0.440 e. The number of carbonyl (C=O) groups excluding carboxylic acids is 2. The summed E-state index contributed by atoms with van der Waals surface area (Å²) in [7, 11) is 0. The number of allylic oxidation sites excluding steroid dienone is 1. The first-order valence-corrected chi connectivity index (χ1v) is 9.47. The largest absolute Gasteiger partial charge is 0.440 e. The van der Waals surface area contributed by atoms with Gasteiger partial charge in [-0.25, -0.2) is 0 Å². The molecule has 0 aliphatic heterocycles. The fourth-order valence-electron chi connectivity index (χ4n) is 3.54. The average molecular weight is 392 g/mol. The summed E-state index contributed by atoms with van der Waals surface area (Å²) in [5, 5.41) is 0. The molecule has 0 N–H and O–H groups in total. The van der Waals surface area contributed by atoms with Crippen molar-refractivity contribution in [1.82, 2.24) is 4.98 Å². The number of hydrogen-bond donors (Lipinski definition) is 0. The van der Waals surface area contributed by atoms with Crippen molar-refractivity contribution in [2.45, 2.75) is 0 Å². The molecule has 0 fully saturated rings. The number of benzene rings is 2. The van der Waals surface area contributed by atoms with E-state index in [2.05, 4.69) is 4.98 Å². The van der Waals surface area contributed by atoms with Crippen LogP contribution in [0.4, 0.5) is 17.3 Å². The standard InChI is InChI=1S/C25H16N2O3/c28-24-20-13-14-26-16-22(20)25(29)21(24)15-19-11-12-23(30-19)27(17-7-3-1-4-8-17)18-9-5-2-6-10-18/h1-16H/b21-15-. The monoisotopic (exact) mass is 392 g/mol. The molecular weight excluding hydrogens is 376 g/mol. The second-order valence-corrected chi connectivity index (χ2v) is 6.82. The molecular formula is C25H16N2O3. The molecule has 0 saturated heterocycles. The Morgan fingerprint density at radius 2 is 1.37 bits per heavy atom. The normalized spacial score (nSPS) is 14.2. The van der Waals surface area contributed by atoms with Crippen LogP contribution in [0.3, 0.4) is 0 Å². The van der Waals surface area contributed by atoms with Crippen LogP contribution < -0.4 is 4.90 Å². The molecule has 1 aliphatic carbocycles. The molecule has 0 spiro atoms. The van der Waals surface area contributed by atoms with E-state index in [1.807, 2.05) is 71.6 Å². The Labute approximate surface area is 172 Å². The highest BCUT2D eigenvalue weighted by molar-refractivity contribution is 6.41. The molecule has 2 aromatic heterocycles. The van der Waals surface area contributed by atoms with Crippen molar-refractivity contribution in [2.75, 3.05) is 4.90 Å². The molecule has 0 amide bonds. The van der Waals surface area contributed by atoms with Gasteiger partial charge >= 0.3 is 0 Å². The van der Waals surface area contributed by atoms with Gasteiger partial charge in [0, 0.05) is 35.4 Å². The average Bonchev–Trinajstić information content (AvgIpc) is 3.35. The van der Waals surface area contributed by atoms with Gasteiger partial charge in [-0.3, -0.25) is 19.5 Å². The lowest BCUT2D eigenvalue weighted by Crippen LogP contribution is -2.08. The summed E-state index contributed by atoms with van der Waals surface area (Å²) in [6, 6.07) is 24.8. The number of aromatic nitrogens is 1. The van der Waals surface area contributed by atoms with Crippen LogP contribution >= 0.6 is 0 Å². The lowest BCUT2D eigenvalue weighted by molar-refractivity contribution is 0.0990. The van der Waals surface area contributed by atoms with Gasteiger partial charge in [0.05, 0.1) is 11.1 Å². The van der Waals surface area contributed by atoms with Crippen molar-refractivity contribution in [3.63, 3.8) is 0 Å². The van der Waals surface area contributed by atoms with Crippen LogP contribution in [0.2, 0.25) is 0 Å². The van der Waals surface area contributed by atoms with E-state index in [1.54, 1.807) is 12.1 Å². The van der Waals surface area contributed by atoms with E-state index in [-0.39, 0.29) is 17.1 Å².